The summed E-state index contributed by atoms with van der Waals surface area (Å²) in [7, 11) is 1.64. The Balaban J connectivity index is 2.65. The molecule has 1 heterocycles. The smallest absolute Gasteiger partial charge is 0.191 e. The minimum Gasteiger partial charge on any atom is -0.383 e. The van der Waals surface area contributed by atoms with Crippen molar-refractivity contribution in [2.75, 3.05) is 20.3 Å². The van der Waals surface area contributed by atoms with Crippen LogP contribution >= 0.6 is 0 Å². The van der Waals surface area contributed by atoms with Gasteiger partial charge >= 0.3 is 0 Å². The van der Waals surface area contributed by atoms with Crippen molar-refractivity contribution in [3.05, 3.63) is 29.8 Å². The van der Waals surface area contributed by atoms with Gasteiger partial charge in [-0.1, -0.05) is 0 Å². The van der Waals surface area contributed by atoms with Crippen LogP contribution in [0.1, 0.15) is 19.5 Å². The normalized spacial score (nSPS) is 13.2. The second-order valence-corrected chi connectivity index (χ2v) is 4.13. The quantitative estimate of drug-likeness (QED) is 0.603. The SMILES string of the molecule is CCNC(=NCc1ncccc1F)NC(C)COC. The largest absolute Gasteiger partial charge is 0.383 e. The van der Waals surface area contributed by atoms with Gasteiger partial charge in [-0.3, -0.25) is 4.98 Å². The highest BCUT2D eigenvalue weighted by Crippen LogP contribution is 2.03. The van der Waals surface area contributed by atoms with Crippen molar-refractivity contribution in [2.45, 2.75) is 26.4 Å². The van der Waals surface area contributed by atoms with Gasteiger partial charge in [0.1, 0.15) is 5.82 Å². The predicted molar refractivity (Wildman–Crippen MR) is 73.5 cm³/mol. The van der Waals surface area contributed by atoms with Gasteiger partial charge in [0.15, 0.2) is 5.96 Å². The van der Waals surface area contributed by atoms with Crippen LogP contribution < -0.4 is 10.6 Å². The lowest BCUT2D eigenvalue weighted by molar-refractivity contribution is 0.179. The molecule has 5 nitrogen and oxygen atoms in total. The lowest BCUT2D eigenvalue weighted by atomic mass is 10.3. The van der Waals surface area contributed by atoms with E-state index in [0.717, 1.165) is 6.54 Å². The Kier molecular flexibility index (Phi) is 6.81. The second-order valence-electron chi connectivity index (χ2n) is 4.13. The van der Waals surface area contributed by atoms with Gasteiger partial charge in [0.05, 0.1) is 18.8 Å². The fourth-order valence-corrected chi connectivity index (χ4v) is 1.53. The predicted octanol–water partition coefficient (Wildman–Crippen LogP) is 1.31. The number of aliphatic imine (C=N–C) groups is 1. The molecule has 1 aromatic rings. The molecule has 6 heteroatoms. The van der Waals surface area contributed by atoms with Crippen molar-refractivity contribution in [3.8, 4) is 0 Å². The molecule has 1 rings (SSSR count). The molecular formula is C13H21FN4O. The Labute approximate surface area is 113 Å². The number of methoxy groups -OCH3 is 1. The second kappa shape index (κ2) is 8.42. The first-order chi connectivity index (χ1) is 9.17. The summed E-state index contributed by atoms with van der Waals surface area (Å²) in [5.41, 5.74) is 0.332. The number of halogens is 1. The lowest BCUT2D eigenvalue weighted by Gasteiger charge is -2.16. The van der Waals surface area contributed by atoms with Crippen molar-refractivity contribution in [3.63, 3.8) is 0 Å². The van der Waals surface area contributed by atoms with Crippen LogP contribution in [0.4, 0.5) is 4.39 Å². The third-order valence-electron chi connectivity index (χ3n) is 2.37. The lowest BCUT2D eigenvalue weighted by Crippen LogP contribution is -2.43. The third kappa shape index (κ3) is 5.65. The van der Waals surface area contributed by atoms with Crippen LogP contribution in [0.2, 0.25) is 0 Å². The van der Waals surface area contributed by atoms with E-state index in [9.17, 15) is 4.39 Å². The summed E-state index contributed by atoms with van der Waals surface area (Å²) in [6, 6.07) is 3.06. The van der Waals surface area contributed by atoms with Crippen molar-refractivity contribution >= 4 is 5.96 Å². The molecule has 0 aromatic carbocycles. The van der Waals surface area contributed by atoms with Crippen molar-refractivity contribution in [1.29, 1.82) is 0 Å². The standard InChI is InChI=1S/C13H21FN4O/c1-4-15-13(18-10(2)9-19-3)17-8-12-11(14)6-5-7-16-12/h5-7,10H,4,8-9H2,1-3H3,(H2,15,17,18). The number of hydrogen-bond acceptors (Lipinski definition) is 3. The monoisotopic (exact) mass is 268 g/mol. The number of hydrogen-bond donors (Lipinski definition) is 2. The molecule has 0 saturated heterocycles. The fraction of sp³-hybridized carbons (Fsp3) is 0.538. The minimum absolute atomic E-state index is 0.122. The first-order valence-electron chi connectivity index (χ1n) is 6.30. The van der Waals surface area contributed by atoms with Crippen molar-refractivity contribution < 1.29 is 9.13 Å². The number of ether oxygens (including phenoxy) is 1. The average Bonchev–Trinajstić information content (AvgIpc) is 2.38. The van der Waals surface area contributed by atoms with Gasteiger partial charge in [-0.15, -0.1) is 0 Å². The molecule has 0 aliphatic rings. The molecule has 2 N–H and O–H groups in total. The first-order valence-corrected chi connectivity index (χ1v) is 6.30. The molecule has 0 amide bonds. The summed E-state index contributed by atoms with van der Waals surface area (Å²) in [6.07, 6.45) is 1.56. The summed E-state index contributed by atoms with van der Waals surface area (Å²) in [6.45, 7) is 5.46. The Hall–Kier alpha value is -1.69. The average molecular weight is 268 g/mol. The van der Waals surface area contributed by atoms with Crippen LogP contribution in [0.25, 0.3) is 0 Å². The van der Waals surface area contributed by atoms with E-state index in [0.29, 0.717) is 18.3 Å². The topological polar surface area (TPSA) is 58.5 Å². The molecule has 0 fully saturated rings. The Morgan fingerprint density at radius 2 is 2.37 bits per heavy atom. The van der Waals surface area contributed by atoms with Crippen LogP contribution in [0.3, 0.4) is 0 Å². The zero-order chi connectivity index (χ0) is 14.1. The molecular weight excluding hydrogens is 247 g/mol. The van der Waals surface area contributed by atoms with E-state index >= 15 is 0 Å². The maximum atomic E-state index is 13.4. The summed E-state index contributed by atoms with van der Waals surface area (Å²) in [4.78, 5) is 8.27. The van der Waals surface area contributed by atoms with E-state index in [4.69, 9.17) is 4.74 Å². The summed E-state index contributed by atoms with van der Waals surface area (Å²) in [5.74, 6) is 0.282. The molecule has 0 radical (unpaired) electrons. The maximum absolute atomic E-state index is 13.4. The number of guanidine groups is 1. The van der Waals surface area contributed by atoms with Gasteiger partial charge in [-0.05, 0) is 26.0 Å². The highest BCUT2D eigenvalue weighted by atomic mass is 19.1. The van der Waals surface area contributed by atoms with E-state index in [1.807, 2.05) is 13.8 Å². The van der Waals surface area contributed by atoms with Gasteiger partial charge < -0.3 is 15.4 Å². The number of rotatable bonds is 6. The molecule has 1 atom stereocenters. The highest BCUT2D eigenvalue weighted by Gasteiger charge is 2.06. The van der Waals surface area contributed by atoms with Crippen molar-refractivity contribution in [2.24, 2.45) is 4.99 Å². The first kappa shape index (κ1) is 15.4. The Morgan fingerprint density at radius 3 is 3.00 bits per heavy atom. The van der Waals surface area contributed by atoms with Crippen LogP contribution in [0, 0.1) is 5.82 Å². The molecule has 1 aromatic heterocycles. The van der Waals surface area contributed by atoms with Gasteiger partial charge in [0.2, 0.25) is 0 Å². The molecule has 0 aliphatic heterocycles. The van der Waals surface area contributed by atoms with E-state index in [2.05, 4.69) is 20.6 Å². The number of pyridine rings is 1. The molecule has 0 bridgehead atoms. The molecule has 0 saturated carbocycles. The maximum Gasteiger partial charge on any atom is 0.191 e. The van der Waals surface area contributed by atoms with Gasteiger partial charge in [0, 0.05) is 25.9 Å². The van der Waals surface area contributed by atoms with Gasteiger partial charge in [-0.25, -0.2) is 9.38 Å². The van der Waals surface area contributed by atoms with Crippen LogP contribution in [0.5, 0.6) is 0 Å². The third-order valence-corrected chi connectivity index (χ3v) is 2.37. The number of aromatic nitrogens is 1. The molecule has 106 valence electrons. The van der Waals surface area contributed by atoms with Crippen LogP contribution in [-0.4, -0.2) is 37.2 Å². The molecule has 1 unspecified atom stereocenters. The van der Waals surface area contributed by atoms with Gasteiger partial charge in [-0.2, -0.15) is 0 Å². The van der Waals surface area contributed by atoms with Gasteiger partial charge in [0.25, 0.3) is 0 Å². The fourth-order valence-electron chi connectivity index (χ4n) is 1.53. The van der Waals surface area contributed by atoms with Crippen LogP contribution in [-0.2, 0) is 11.3 Å². The zero-order valence-corrected chi connectivity index (χ0v) is 11.6. The van der Waals surface area contributed by atoms with E-state index in [-0.39, 0.29) is 18.4 Å². The molecule has 0 aliphatic carbocycles. The molecule has 19 heavy (non-hydrogen) atoms. The number of nitrogens with one attached hydrogen (secondary N) is 2. The van der Waals surface area contributed by atoms with E-state index in [1.165, 1.54) is 6.07 Å². The summed E-state index contributed by atoms with van der Waals surface area (Å²) >= 11 is 0. The summed E-state index contributed by atoms with van der Waals surface area (Å²) < 4.78 is 18.5. The summed E-state index contributed by atoms with van der Waals surface area (Å²) in [5, 5.41) is 6.27. The highest BCUT2D eigenvalue weighted by molar-refractivity contribution is 5.80. The van der Waals surface area contributed by atoms with E-state index < -0.39 is 0 Å². The minimum atomic E-state index is -0.341. The number of nitrogens with zero attached hydrogens (tertiary/aromatic N) is 2. The zero-order valence-electron chi connectivity index (χ0n) is 11.6. The Morgan fingerprint density at radius 1 is 1.58 bits per heavy atom. The molecule has 0 spiro atoms. The Bertz CT molecular complexity index is 411. The van der Waals surface area contributed by atoms with Crippen LogP contribution in [0.15, 0.2) is 23.3 Å². The van der Waals surface area contributed by atoms with E-state index in [1.54, 1.807) is 19.4 Å². The van der Waals surface area contributed by atoms with Crippen molar-refractivity contribution in [1.82, 2.24) is 15.6 Å².